The van der Waals surface area contributed by atoms with E-state index in [0.717, 1.165) is 30.4 Å². The summed E-state index contributed by atoms with van der Waals surface area (Å²) in [5, 5.41) is 3.05. The van der Waals surface area contributed by atoms with E-state index in [1.807, 2.05) is 45.3 Å². The monoisotopic (exact) mass is 576 g/mol. The molecule has 1 aromatic heterocycles. The van der Waals surface area contributed by atoms with Gasteiger partial charge in [-0.25, -0.2) is 9.36 Å². The van der Waals surface area contributed by atoms with E-state index in [0.29, 0.717) is 32.4 Å². The minimum atomic E-state index is -2.67. The smallest absolute Gasteiger partial charge is 0.374 e. The molecule has 1 aromatic carbocycles. The zero-order valence-electron chi connectivity index (χ0n) is 19.8. The van der Waals surface area contributed by atoms with Crippen molar-refractivity contribution in [2.24, 2.45) is 0 Å². The summed E-state index contributed by atoms with van der Waals surface area (Å²) in [6.07, 6.45) is 7.54. The molecule has 2 rings (SSSR count). The highest BCUT2D eigenvalue weighted by Gasteiger charge is 2.39. The van der Waals surface area contributed by atoms with Crippen LogP contribution in [-0.2, 0) is 19.8 Å². The van der Waals surface area contributed by atoms with Crippen LogP contribution in [0.2, 0.25) is 6.04 Å². The average molecular weight is 577 g/mol. The predicted molar refractivity (Wildman–Crippen MR) is 138 cm³/mol. The maximum atomic E-state index is 12.9. The van der Waals surface area contributed by atoms with Gasteiger partial charge < -0.3 is 18.6 Å². The lowest BCUT2D eigenvalue weighted by Crippen LogP contribution is -2.46. The number of fused-ring (bicyclic) bond motifs is 1. The van der Waals surface area contributed by atoms with Gasteiger partial charge >= 0.3 is 14.8 Å². The maximum absolute atomic E-state index is 12.9. The fraction of sp³-hybridized carbons (Fsp3) is 0.652. The van der Waals surface area contributed by atoms with E-state index >= 15 is 0 Å². The quantitative estimate of drug-likeness (QED) is 0.101. The Balaban J connectivity index is 1.97. The van der Waals surface area contributed by atoms with Gasteiger partial charge in [-0.2, -0.15) is 0 Å². The second-order valence-corrected chi connectivity index (χ2v) is 11.4. The molecule has 0 saturated heterocycles. The Kier molecular flexibility index (Phi) is 12.8. The van der Waals surface area contributed by atoms with Gasteiger partial charge in [0.15, 0.2) is 11.0 Å². The summed E-state index contributed by atoms with van der Waals surface area (Å²) in [6, 6.07) is 8.65. The Hall–Kier alpha value is -1.01. The SMILES string of the molecule is CCO[Si](CCCNC(=O)n1c[n+](CCCCCCI)c2ccccc21)(OCC)OCC. The van der Waals surface area contributed by atoms with Crippen LogP contribution in [0.15, 0.2) is 30.6 Å². The zero-order chi connectivity index (χ0) is 23.2. The summed E-state index contributed by atoms with van der Waals surface area (Å²) in [6.45, 7) is 9.02. The van der Waals surface area contributed by atoms with Crippen LogP contribution in [0.4, 0.5) is 4.79 Å². The molecule has 1 N–H and O–H groups in total. The molecular formula is C23H39IN3O4Si+. The number of rotatable bonds is 16. The summed E-state index contributed by atoms with van der Waals surface area (Å²) in [5.74, 6) is 0. The number of imidazole rings is 1. The molecule has 0 aliphatic carbocycles. The molecule has 1 amide bonds. The highest BCUT2D eigenvalue weighted by molar-refractivity contribution is 14.1. The van der Waals surface area contributed by atoms with Gasteiger partial charge in [0.25, 0.3) is 6.33 Å². The van der Waals surface area contributed by atoms with Crippen molar-refractivity contribution in [2.75, 3.05) is 30.8 Å². The lowest BCUT2D eigenvalue weighted by molar-refractivity contribution is -0.672. The molecule has 0 atom stereocenters. The Morgan fingerprint density at radius 1 is 1.00 bits per heavy atom. The number of nitrogens with one attached hydrogen (secondary N) is 1. The summed E-state index contributed by atoms with van der Waals surface area (Å²) in [5.41, 5.74) is 2.02. The summed E-state index contributed by atoms with van der Waals surface area (Å²) >= 11 is 2.43. The number of aromatic nitrogens is 2. The van der Waals surface area contributed by atoms with Gasteiger partial charge in [-0.1, -0.05) is 41.1 Å². The molecule has 0 bridgehead atoms. The zero-order valence-corrected chi connectivity index (χ0v) is 22.9. The molecule has 32 heavy (non-hydrogen) atoms. The number of halogens is 1. The molecule has 2 aromatic rings. The molecule has 1 heterocycles. The van der Waals surface area contributed by atoms with Crippen molar-refractivity contribution in [3.05, 3.63) is 30.6 Å². The standard InChI is InChI=1S/C23H38IN3O4Si/c1-4-29-32(30-5-2,31-6-3)19-13-17-25-23(28)27-20-26(18-12-8-7-11-16-24)21-14-9-10-15-22(21)27/h9-10,14-15,20H,4-8,11-13,16-19H2,1-3H3/p+1. The number of aryl methyl sites for hydroxylation is 1. The maximum Gasteiger partial charge on any atom is 0.500 e. The van der Waals surface area contributed by atoms with Gasteiger partial charge in [0.1, 0.15) is 0 Å². The van der Waals surface area contributed by atoms with Crippen molar-refractivity contribution in [3.8, 4) is 0 Å². The number of hydrogen-bond donors (Lipinski definition) is 1. The first-order valence-corrected chi connectivity index (χ1v) is 15.3. The van der Waals surface area contributed by atoms with Crippen molar-refractivity contribution in [1.29, 1.82) is 0 Å². The highest BCUT2D eigenvalue weighted by atomic mass is 127. The Bertz CT molecular complexity index is 801. The topological polar surface area (TPSA) is 65.6 Å². The van der Waals surface area contributed by atoms with Crippen molar-refractivity contribution in [3.63, 3.8) is 0 Å². The third kappa shape index (κ3) is 8.09. The first-order chi connectivity index (χ1) is 15.6. The van der Waals surface area contributed by atoms with E-state index in [2.05, 4.69) is 38.5 Å². The molecule has 180 valence electrons. The van der Waals surface area contributed by atoms with E-state index in [-0.39, 0.29) is 6.03 Å². The van der Waals surface area contributed by atoms with Gasteiger partial charge in [-0.3, -0.25) is 0 Å². The van der Waals surface area contributed by atoms with Crippen LogP contribution < -0.4 is 9.88 Å². The van der Waals surface area contributed by atoms with E-state index in [4.69, 9.17) is 13.3 Å². The molecule has 0 spiro atoms. The fourth-order valence-corrected chi connectivity index (χ4v) is 6.98. The highest BCUT2D eigenvalue weighted by Crippen LogP contribution is 2.18. The van der Waals surface area contributed by atoms with Crippen LogP contribution in [0, 0.1) is 0 Å². The molecular weight excluding hydrogens is 537 g/mol. The van der Waals surface area contributed by atoms with Crippen LogP contribution >= 0.6 is 22.6 Å². The molecule has 0 saturated carbocycles. The van der Waals surface area contributed by atoms with E-state index in [1.165, 1.54) is 23.7 Å². The molecule has 0 radical (unpaired) electrons. The second kappa shape index (κ2) is 15.0. The largest absolute Gasteiger partial charge is 0.500 e. The number of hydrogen-bond acceptors (Lipinski definition) is 4. The van der Waals surface area contributed by atoms with Crippen molar-refractivity contribution < 1.29 is 22.6 Å². The van der Waals surface area contributed by atoms with E-state index in [1.54, 1.807) is 4.57 Å². The lowest BCUT2D eigenvalue weighted by atomic mass is 10.2. The number of benzene rings is 1. The molecule has 0 fully saturated rings. The second-order valence-electron chi connectivity index (χ2n) is 7.59. The lowest BCUT2D eigenvalue weighted by Gasteiger charge is -2.28. The number of carbonyl (C=O) groups excluding carboxylic acids is 1. The summed E-state index contributed by atoms with van der Waals surface area (Å²) in [4.78, 5) is 12.9. The number of carbonyl (C=O) groups is 1. The predicted octanol–water partition coefficient (Wildman–Crippen LogP) is 4.92. The van der Waals surface area contributed by atoms with Gasteiger partial charge in [-0.05, 0) is 63.0 Å². The first kappa shape index (κ1) is 27.2. The fourth-order valence-electron chi connectivity index (χ4n) is 3.83. The molecule has 0 aliphatic rings. The van der Waals surface area contributed by atoms with Crippen molar-refractivity contribution >= 4 is 48.5 Å². The number of para-hydroxylation sites is 2. The number of amides is 1. The Morgan fingerprint density at radius 3 is 2.31 bits per heavy atom. The molecule has 9 heteroatoms. The first-order valence-electron chi connectivity index (χ1n) is 11.9. The van der Waals surface area contributed by atoms with Crippen LogP contribution in [-0.4, -0.2) is 50.2 Å². The minimum absolute atomic E-state index is 0.110. The van der Waals surface area contributed by atoms with Crippen LogP contribution in [0.1, 0.15) is 52.9 Å². The summed E-state index contributed by atoms with van der Waals surface area (Å²) in [7, 11) is -2.67. The normalized spacial score (nSPS) is 11.9. The average Bonchev–Trinajstić information content (AvgIpc) is 3.16. The third-order valence-electron chi connectivity index (χ3n) is 5.24. The van der Waals surface area contributed by atoms with Crippen molar-refractivity contribution in [2.45, 2.75) is 65.5 Å². The Morgan fingerprint density at radius 2 is 1.66 bits per heavy atom. The minimum Gasteiger partial charge on any atom is -0.374 e. The Labute approximate surface area is 207 Å². The third-order valence-corrected chi connectivity index (χ3v) is 9.15. The number of nitrogens with zero attached hydrogens (tertiary/aromatic N) is 2. The molecule has 0 unspecified atom stereocenters. The van der Waals surface area contributed by atoms with Gasteiger partial charge in [0.2, 0.25) is 0 Å². The van der Waals surface area contributed by atoms with Gasteiger partial charge in [0, 0.05) is 32.4 Å². The number of alkyl halides is 1. The molecule has 7 nitrogen and oxygen atoms in total. The van der Waals surface area contributed by atoms with Crippen molar-refractivity contribution in [1.82, 2.24) is 9.88 Å². The summed E-state index contributed by atoms with van der Waals surface area (Å²) < 4.78 is 22.8. The van der Waals surface area contributed by atoms with Gasteiger partial charge in [0.05, 0.1) is 6.54 Å². The van der Waals surface area contributed by atoms with E-state index < -0.39 is 8.80 Å². The van der Waals surface area contributed by atoms with Crippen LogP contribution in [0.3, 0.4) is 0 Å². The molecule has 0 aliphatic heterocycles. The number of unbranched alkanes of at least 4 members (excludes halogenated alkanes) is 3. The van der Waals surface area contributed by atoms with Crippen LogP contribution in [0.25, 0.3) is 11.0 Å². The van der Waals surface area contributed by atoms with Crippen LogP contribution in [0.5, 0.6) is 0 Å². The van der Waals surface area contributed by atoms with Gasteiger partial charge in [-0.15, -0.1) is 4.57 Å². The van der Waals surface area contributed by atoms with E-state index in [9.17, 15) is 4.79 Å².